The van der Waals surface area contributed by atoms with Crippen molar-refractivity contribution in [1.82, 2.24) is 19.9 Å². The Balaban J connectivity index is 1.95. The first-order chi connectivity index (χ1) is 9.34. The Hall–Kier alpha value is -1.42. The zero-order chi connectivity index (χ0) is 12.9. The van der Waals surface area contributed by atoms with Crippen molar-refractivity contribution in [2.75, 3.05) is 13.1 Å². The van der Waals surface area contributed by atoms with E-state index in [0.29, 0.717) is 6.04 Å². The van der Waals surface area contributed by atoms with Gasteiger partial charge in [0, 0.05) is 24.2 Å². The Morgan fingerprint density at radius 3 is 3.05 bits per heavy atom. The summed E-state index contributed by atoms with van der Waals surface area (Å²) in [6.07, 6.45) is 6.79. The van der Waals surface area contributed by atoms with Gasteiger partial charge < -0.3 is 9.88 Å². The number of hydrogen-bond acceptors (Lipinski definition) is 3. The molecule has 1 saturated heterocycles. The van der Waals surface area contributed by atoms with Gasteiger partial charge in [0.2, 0.25) is 0 Å². The molecule has 1 atom stereocenters. The van der Waals surface area contributed by atoms with Crippen LogP contribution in [-0.2, 0) is 5.41 Å². The summed E-state index contributed by atoms with van der Waals surface area (Å²) < 4.78 is 2.44. The van der Waals surface area contributed by atoms with Crippen LogP contribution in [0.1, 0.15) is 44.5 Å². The highest BCUT2D eigenvalue weighted by atomic mass is 15.2. The van der Waals surface area contributed by atoms with E-state index in [4.69, 9.17) is 4.98 Å². The summed E-state index contributed by atoms with van der Waals surface area (Å²) in [5, 5.41) is 3.52. The van der Waals surface area contributed by atoms with E-state index in [1.54, 1.807) is 0 Å². The number of hydrogen-bond donors (Lipinski definition) is 1. The standard InChI is InChI=1S/C15H20N4/c1-2-15(7-9-16-10-15)14-18-12-4-3-8-17-13(12)19(14)11-5-6-11/h3-4,8,11,16H,2,5-7,9-10H2,1H3. The largest absolute Gasteiger partial charge is 0.316 e. The Kier molecular flexibility index (Phi) is 2.42. The summed E-state index contributed by atoms with van der Waals surface area (Å²) in [6.45, 7) is 4.45. The third-order valence-corrected chi connectivity index (χ3v) is 4.76. The minimum atomic E-state index is 0.212. The van der Waals surface area contributed by atoms with E-state index in [1.807, 2.05) is 12.3 Å². The monoisotopic (exact) mass is 256 g/mol. The highest BCUT2D eigenvalue weighted by Crippen LogP contribution is 2.43. The van der Waals surface area contributed by atoms with Crippen LogP contribution in [-0.4, -0.2) is 27.6 Å². The lowest BCUT2D eigenvalue weighted by Gasteiger charge is -2.27. The van der Waals surface area contributed by atoms with Crippen LogP contribution in [0.15, 0.2) is 18.3 Å². The van der Waals surface area contributed by atoms with Crippen molar-refractivity contribution in [1.29, 1.82) is 0 Å². The maximum atomic E-state index is 4.96. The summed E-state index contributed by atoms with van der Waals surface area (Å²) in [4.78, 5) is 9.54. The number of aromatic nitrogens is 3. The summed E-state index contributed by atoms with van der Waals surface area (Å²) in [5.41, 5.74) is 2.35. The third-order valence-electron chi connectivity index (χ3n) is 4.76. The first-order valence-electron chi connectivity index (χ1n) is 7.38. The van der Waals surface area contributed by atoms with Gasteiger partial charge >= 0.3 is 0 Å². The van der Waals surface area contributed by atoms with Crippen LogP contribution in [0.5, 0.6) is 0 Å². The molecule has 2 aromatic heterocycles. The fourth-order valence-corrected chi connectivity index (χ4v) is 3.38. The highest BCUT2D eigenvalue weighted by molar-refractivity contribution is 5.72. The number of rotatable bonds is 3. The predicted octanol–water partition coefficient (Wildman–Crippen LogP) is 2.41. The van der Waals surface area contributed by atoms with Gasteiger partial charge in [0.15, 0.2) is 5.65 Å². The van der Waals surface area contributed by atoms with Gasteiger partial charge in [-0.2, -0.15) is 0 Å². The minimum Gasteiger partial charge on any atom is -0.316 e. The van der Waals surface area contributed by atoms with Crippen molar-refractivity contribution in [2.24, 2.45) is 0 Å². The fraction of sp³-hybridized carbons (Fsp3) is 0.600. The van der Waals surface area contributed by atoms with Crippen molar-refractivity contribution in [3.63, 3.8) is 0 Å². The Morgan fingerprint density at radius 2 is 2.37 bits per heavy atom. The molecule has 0 spiro atoms. The number of pyridine rings is 1. The van der Waals surface area contributed by atoms with Gasteiger partial charge in [0.25, 0.3) is 0 Å². The average molecular weight is 256 g/mol. The molecule has 1 saturated carbocycles. The summed E-state index contributed by atoms with van der Waals surface area (Å²) in [5.74, 6) is 1.27. The third kappa shape index (κ3) is 1.62. The van der Waals surface area contributed by atoms with E-state index in [9.17, 15) is 0 Å². The lowest BCUT2D eigenvalue weighted by molar-refractivity contribution is 0.406. The second-order valence-electron chi connectivity index (χ2n) is 5.94. The number of nitrogens with zero attached hydrogens (tertiary/aromatic N) is 3. The molecule has 0 radical (unpaired) electrons. The Labute approximate surface area is 113 Å². The van der Waals surface area contributed by atoms with Crippen molar-refractivity contribution >= 4 is 11.2 Å². The van der Waals surface area contributed by atoms with E-state index in [1.165, 1.54) is 25.1 Å². The van der Waals surface area contributed by atoms with E-state index >= 15 is 0 Å². The predicted molar refractivity (Wildman–Crippen MR) is 75.3 cm³/mol. The molecule has 2 aromatic rings. The summed E-state index contributed by atoms with van der Waals surface area (Å²) >= 11 is 0. The van der Waals surface area contributed by atoms with Crippen molar-refractivity contribution in [2.45, 2.75) is 44.1 Å². The summed E-state index contributed by atoms with van der Waals surface area (Å²) in [6, 6.07) is 4.72. The van der Waals surface area contributed by atoms with E-state index in [0.717, 1.165) is 30.7 Å². The van der Waals surface area contributed by atoms with Gasteiger partial charge in [-0.05, 0) is 44.4 Å². The van der Waals surface area contributed by atoms with Crippen LogP contribution in [0.2, 0.25) is 0 Å². The van der Waals surface area contributed by atoms with E-state index in [-0.39, 0.29) is 5.41 Å². The molecule has 1 aliphatic carbocycles. The molecule has 1 unspecified atom stereocenters. The molecule has 0 bridgehead atoms. The molecule has 4 nitrogen and oxygen atoms in total. The van der Waals surface area contributed by atoms with Crippen LogP contribution >= 0.6 is 0 Å². The first kappa shape index (κ1) is 11.4. The van der Waals surface area contributed by atoms with Gasteiger partial charge in [-0.3, -0.25) is 0 Å². The quantitative estimate of drug-likeness (QED) is 0.917. The second kappa shape index (κ2) is 4.04. The van der Waals surface area contributed by atoms with Gasteiger partial charge in [-0.1, -0.05) is 6.92 Å². The number of nitrogens with one attached hydrogen (secondary N) is 1. The Bertz CT molecular complexity index is 606. The maximum Gasteiger partial charge on any atom is 0.160 e. The van der Waals surface area contributed by atoms with Crippen LogP contribution in [0.3, 0.4) is 0 Å². The number of imidazole rings is 1. The van der Waals surface area contributed by atoms with Crippen molar-refractivity contribution in [3.8, 4) is 0 Å². The Morgan fingerprint density at radius 1 is 1.47 bits per heavy atom. The molecular weight excluding hydrogens is 236 g/mol. The molecule has 19 heavy (non-hydrogen) atoms. The van der Waals surface area contributed by atoms with Crippen molar-refractivity contribution in [3.05, 3.63) is 24.2 Å². The molecule has 1 aliphatic heterocycles. The zero-order valence-electron chi connectivity index (χ0n) is 11.4. The zero-order valence-corrected chi connectivity index (χ0v) is 11.4. The van der Waals surface area contributed by atoms with E-state index in [2.05, 4.69) is 27.9 Å². The second-order valence-corrected chi connectivity index (χ2v) is 5.94. The van der Waals surface area contributed by atoms with Gasteiger partial charge in [-0.25, -0.2) is 9.97 Å². The molecule has 4 rings (SSSR count). The maximum absolute atomic E-state index is 4.96. The van der Waals surface area contributed by atoms with E-state index < -0.39 is 0 Å². The number of fused-ring (bicyclic) bond motifs is 1. The van der Waals surface area contributed by atoms with Gasteiger partial charge in [-0.15, -0.1) is 0 Å². The molecule has 2 aliphatic rings. The van der Waals surface area contributed by atoms with Crippen LogP contribution in [0.25, 0.3) is 11.2 Å². The SMILES string of the molecule is CCC1(c2nc3cccnc3n2C2CC2)CCNC1. The summed E-state index contributed by atoms with van der Waals surface area (Å²) in [7, 11) is 0. The lowest BCUT2D eigenvalue weighted by Crippen LogP contribution is -2.31. The molecule has 2 fully saturated rings. The normalized spacial score (nSPS) is 27.2. The topological polar surface area (TPSA) is 42.7 Å². The lowest BCUT2D eigenvalue weighted by atomic mass is 9.83. The smallest absolute Gasteiger partial charge is 0.160 e. The van der Waals surface area contributed by atoms with Crippen LogP contribution < -0.4 is 5.32 Å². The molecule has 3 heterocycles. The molecule has 0 amide bonds. The average Bonchev–Trinajstić information content (AvgIpc) is 3.05. The van der Waals surface area contributed by atoms with Crippen LogP contribution in [0.4, 0.5) is 0 Å². The van der Waals surface area contributed by atoms with Gasteiger partial charge in [0.1, 0.15) is 11.3 Å². The minimum absolute atomic E-state index is 0.212. The fourth-order valence-electron chi connectivity index (χ4n) is 3.38. The molecular formula is C15H20N4. The first-order valence-corrected chi connectivity index (χ1v) is 7.38. The highest BCUT2D eigenvalue weighted by Gasteiger charge is 2.41. The molecule has 4 heteroatoms. The molecule has 1 N–H and O–H groups in total. The van der Waals surface area contributed by atoms with Gasteiger partial charge in [0.05, 0.1) is 0 Å². The van der Waals surface area contributed by atoms with Crippen LogP contribution in [0, 0.1) is 0 Å². The molecule has 0 aromatic carbocycles. The molecule has 100 valence electrons. The van der Waals surface area contributed by atoms with Crippen molar-refractivity contribution < 1.29 is 0 Å².